The molecule has 1 atom stereocenters. The third-order valence-electron chi connectivity index (χ3n) is 1.11. The van der Waals surface area contributed by atoms with Gasteiger partial charge in [-0.2, -0.15) is 13.2 Å². The highest BCUT2D eigenvalue weighted by Gasteiger charge is 2.43. The second kappa shape index (κ2) is 5.21. The van der Waals surface area contributed by atoms with Gasteiger partial charge in [0, 0.05) is 0 Å². The first-order valence-corrected chi connectivity index (χ1v) is 5.56. The summed E-state index contributed by atoms with van der Waals surface area (Å²) < 4.78 is 35.6. The third-order valence-corrected chi connectivity index (χ3v) is 2.01. The van der Waals surface area contributed by atoms with E-state index < -0.39 is 24.6 Å². The molecule has 1 N–H and O–H groups in total. The summed E-state index contributed by atoms with van der Waals surface area (Å²) in [5, 5.41) is 8.23. The van der Waals surface area contributed by atoms with E-state index in [0.29, 0.717) is 0 Å². The minimum atomic E-state index is -5.05. The van der Waals surface area contributed by atoms with Crippen LogP contribution in [0.1, 0.15) is 0 Å². The average Bonchev–Trinajstić information content (AvgIpc) is 2.00. The van der Waals surface area contributed by atoms with Gasteiger partial charge in [0.25, 0.3) is 0 Å². The predicted molar refractivity (Wildman–Crippen MR) is 46.0 cm³/mol. The number of carbonyl (C=O) groups is 2. The van der Waals surface area contributed by atoms with Crippen molar-refractivity contribution in [3.05, 3.63) is 0 Å². The SMILES string of the molecule is O=C(O)CN(C[PH+]=S)C(=O)C(F)(F)F. The van der Waals surface area contributed by atoms with Gasteiger partial charge in [0.2, 0.25) is 0 Å². The summed E-state index contributed by atoms with van der Waals surface area (Å²) in [5.41, 5.74) is 0. The van der Waals surface area contributed by atoms with Crippen molar-refractivity contribution in [1.82, 2.24) is 4.90 Å². The number of alkyl halides is 3. The molecule has 14 heavy (non-hydrogen) atoms. The number of aliphatic carboxylic acids is 1. The van der Waals surface area contributed by atoms with Crippen molar-refractivity contribution in [3.8, 4) is 0 Å². The summed E-state index contributed by atoms with van der Waals surface area (Å²) in [7, 11) is -0.365. The molecule has 0 aromatic rings. The molecule has 9 heteroatoms. The summed E-state index contributed by atoms with van der Waals surface area (Å²) in [4.78, 5) is 20.9. The van der Waals surface area contributed by atoms with E-state index in [1.807, 2.05) is 0 Å². The summed E-state index contributed by atoms with van der Waals surface area (Å²) in [6, 6.07) is 0. The number of nitrogens with zero attached hydrogens (tertiary/aromatic N) is 1. The quantitative estimate of drug-likeness (QED) is 0.738. The van der Waals surface area contributed by atoms with E-state index in [0.717, 1.165) is 0 Å². The van der Waals surface area contributed by atoms with Crippen LogP contribution in [0.4, 0.5) is 13.2 Å². The van der Waals surface area contributed by atoms with Gasteiger partial charge in [0.15, 0.2) is 25.4 Å². The summed E-state index contributed by atoms with van der Waals surface area (Å²) >= 11 is 4.40. The lowest BCUT2D eigenvalue weighted by Gasteiger charge is -2.16. The average molecular weight is 248 g/mol. The van der Waals surface area contributed by atoms with Crippen molar-refractivity contribution >= 4 is 31.0 Å². The van der Waals surface area contributed by atoms with E-state index in [2.05, 4.69) is 11.8 Å². The van der Waals surface area contributed by atoms with Gasteiger partial charge in [0.1, 0.15) is 6.54 Å². The summed E-state index contributed by atoms with van der Waals surface area (Å²) in [6.45, 7) is -0.984. The Morgan fingerprint density at radius 1 is 1.43 bits per heavy atom. The molecule has 0 aromatic heterocycles. The molecular weight excluding hydrogens is 242 g/mol. The third kappa shape index (κ3) is 4.48. The molecule has 0 aliphatic rings. The Labute approximate surface area is 83.5 Å². The van der Waals surface area contributed by atoms with Gasteiger partial charge in [-0.25, -0.2) is 0 Å². The lowest BCUT2D eigenvalue weighted by molar-refractivity contribution is -0.185. The Morgan fingerprint density at radius 2 is 1.93 bits per heavy atom. The molecule has 0 radical (unpaired) electrons. The van der Waals surface area contributed by atoms with Crippen LogP contribution >= 0.6 is 7.36 Å². The Balaban J connectivity index is 4.56. The number of hydrogen-bond donors (Lipinski definition) is 1. The van der Waals surface area contributed by atoms with E-state index in [1.165, 1.54) is 0 Å². The first-order chi connectivity index (χ1) is 6.29. The number of carboxylic acid groups (broad SMARTS) is 1. The highest BCUT2D eigenvalue weighted by atomic mass is 32.4. The molecule has 0 rings (SSSR count). The van der Waals surface area contributed by atoms with Crippen LogP contribution in [0, 0.1) is 0 Å². The molecular formula is C5H6F3NO3PS+. The number of hydrogen-bond acceptors (Lipinski definition) is 3. The standard InChI is InChI=1S/C5H5F3NO3PS/c6-5(7,8)4(12)9(2-13-14)1-3(10)11/h1-2H2,(H,10,11)/p+1. The fourth-order valence-electron chi connectivity index (χ4n) is 0.620. The fraction of sp³-hybridized carbons (Fsp3) is 0.600. The largest absolute Gasteiger partial charge is 0.480 e. The highest BCUT2D eigenvalue weighted by Crippen LogP contribution is 2.19. The van der Waals surface area contributed by atoms with Crippen molar-refractivity contribution in [1.29, 1.82) is 0 Å². The van der Waals surface area contributed by atoms with Gasteiger partial charge in [-0.15, -0.1) is 0 Å². The molecule has 0 saturated heterocycles. The predicted octanol–water partition coefficient (Wildman–Crippen LogP) is 0.560. The van der Waals surface area contributed by atoms with Crippen molar-refractivity contribution in [2.75, 3.05) is 12.8 Å². The number of carbonyl (C=O) groups excluding carboxylic acids is 1. The van der Waals surface area contributed by atoms with Crippen LogP contribution in [0.15, 0.2) is 0 Å². The van der Waals surface area contributed by atoms with Crippen LogP contribution in [0.3, 0.4) is 0 Å². The van der Waals surface area contributed by atoms with Crippen LogP contribution in [0.25, 0.3) is 0 Å². The highest BCUT2D eigenvalue weighted by molar-refractivity contribution is 7.96. The van der Waals surface area contributed by atoms with E-state index in [4.69, 9.17) is 5.11 Å². The summed E-state index contributed by atoms with van der Waals surface area (Å²) in [5.74, 6) is -3.67. The zero-order valence-electron chi connectivity index (χ0n) is 6.67. The molecule has 0 aromatic carbocycles. The normalized spacial score (nSPS) is 11.4. The molecule has 0 aliphatic heterocycles. The fourth-order valence-corrected chi connectivity index (χ4v) is 1.50. The van der Waals surface area contributed by atoms with Gasteiger partial charge in [-0.1, -0.05) is 0 Å². The lowest BCUT2D eigenvalue weighted by Crippen LogP contribution is -2.43. The topological polar surface area (TPSA) is 57.6 Å². The Kier molecular flexibility index (Phi) is 4.93. The molecule has 1 unspecified atom stereocenters. The van der Waals surface area contributed by atoms with Gasteiger partial charge in [-0.05, 0) is 0 Å². The van der Waals surface area contributed by atoms with E-state index >= 15 is 0 Å². The van der Waals surface area contributed by atoms with Crippen LogP contribution in [-0.2, 0) is 21.4 Å². The molecule has 0 spiro atoms. The van der Waals surface area contributed by atoms with Crippen LogP contribution in [-0.4, -0.2) is 40.9 Å². The van der Waals surface area contributed by atoms with E-state index in [1.54, 1.807) is 0 Å². The van der Waals surface area contributed by atoms with Gasteiger partial charge >= 0.3 is 18.1 Å². The Morgan fingerprint density at radius 3 is 2.21 bits per heavy atom. The number of rotatable bonds is 4. The minimum Gasteiger partial charge on any atom is -0.480 e. The molecule has 0 saturated carbocycles. The van der Waals surface area contributed by atoms with E-state index in [-0.39, 0.29) is 18.5 Å². The Bertz CT molecular complexity index is 257. The van der Waals surface area contributed by atoms with Gasteiger partial charge in [0.05, 0.1) is 0 Å². The zero-order chi connectivity index (χ0) is 11.4. The lowest BCUT2D eigenvalue weighted by atomic mass is 10.5. The van der Waals surface area contributed by atoms with Gasteiger partial charge in [-0.3, -0.25) is 14.5 Å². The van der Waals surface area contributed by atoms with Crippen molar-refractivity contribution < 1.29 is 27.9 Å². The number of carboxylic acids is 1. The maximum atomic E-state index is 11.9. The second-order valence-electron chi connectivity index (χ2n) is 2.20. The number of halogens is 3. The maximum Gasteiger partial charge on any atom is 0.471 e. The molecule has 80 valence electrons. The van der Waals surface area contributed by atoms with E-state index in [9.17, 15) is 22.8 Å². The smallest absolute Gasteiger partial charge is 0.471 e. The monoisotopic (exact) mass is 248 g/mol. The Hall–Kier alpha value is -0.750. The first kappa shape index (κ1) is 13.2. The van der Waals surface area contributed by atoms with Crippen LogP contribution in [0.5, 0.6) is 0 Å². The molecule has 0 bridgehead atoms. The second-order valence-corrected chi connectivity index (χ2v) is 3.67. The van der Waals surface area contributed by atoms with Crippen LogP contribution in [0.2, 0.25) is 0 Å². The molecule has 0 heterocycles. The molecule has 1 amide bonds. The van der Waals surface area contributed by atoms with Crippen molar-refractivity contribution in [3.63, 3.8) is 0 Å². The first-order valence-electron chi connectivity index (χ1n) is 3.22. The summed E-state index contributed by atoms with van der Waals surface area (Å²) in [6.07, 6.45) is -5.43. The minimum absolute atomic E-state index is 0.174. The zero-order valence-corrected chi connectivity index (χ0v) is 8.48. The molecule has 0 aliphatic carbocycles. The molecule has 0 fully saturated rings. The van der Waals surface area contributed by atoms with Crippen molar-refractivity contribution in [2.45, 2.75) is 6.18 Å². The van der Waals surface area contributed by atoms with Gasteiger partial charge < -0.3 is 5.11 Å². The maximum absolute atomic E-state index is 11.9. The molecule has 4 nitrogen and oxygen atoms in total. The van der Waals surface area contributed by atoms with Crippen molar-refractivity contribution in [2.24, 2.45) is 0 Å². The number of amides is 1. The van der Waals surface area contributed by atoms with Crippen LogP contribution < -0.4 is 0 Å².